The summed E-state index contributed by atoms with van der Waals surface area (Å²) in [6.07, 6.45) is 3.78. The Kier molecular flexibility index (Phi) is 4.22. The number of carbonyl (C=O) groups is 1. The first-order valence-corrected chi connectivity index (χ1v) is 9.00. The van der Waals surface area contributed by atoms with E-state index in [1.165, 1.54) is 0 Å². The minimum Gasteiger partial charge on any atom is -0.334 e. The summed E-state index contributed by atoms with van der Waals surface area (Å²) in [5, 5.41) is 0.720. The first-order valence-electron chi connectivity index (χ1n) is 8.62. The molecule has 0 radical (unpaired) electrons. The number of aromatic nitrogens is 2. The molecule has 2 atom stereocenters. The topological polar surface area (TPSA) is 38.1 Å². The van der Waals surface area contributed by atoms with Crippen LogP contribution in [0.4, 0.5) is 0 Å². The molecule has 4 nitrogen and oxygen atoms in total. The maximum atomic E-state index is 13.2. The lowest BCUT2D eigenvalue weighted by atomic mass is 10.0. The van der Waals surface area contributed by atoms with Crippen LogP contribution in [0.15, 0.2) is 54.9 Å². The number of hydrogen-bond donors (Lipinski definition) is 0. The Bertz CT molecular complexity index is 903. The van der Waals surface area contributed by atoms with Gasteiger partial charge in [0.25, 0.3) is 0 Å². The van der Waals surface area contributed by atoms with Gasteiger partial charge < -0.3 is 9.47 Å². The van der Waals surface area contributed by atoms with E-state index < -0.39 is 0 Å². The number of fused-ring (bicyclic) bond motifs is 1. The van der Waals surface area contributed by atoms with Crippen molar-refractivity contribution >= 4 is 28.5 Å². The van der Waals surface area contributed by atoms with E-state index in [0.29, 0.717) is 0 Å². The predicted octanol–water partition coefficient (Wildman–Crippen LogP) is 4.61. The lowest BCUT2D eigenvalue weighted by molar-refractivity contribution is -0.135. The molecule has 25 heavy (non-hydrogen) atoms. The molecule has 1 aliphatic rings. The molecule has 0 spiro atoms. The average Bonchev–Trinajstić information content (AvgIpc) is 3.28. The number of carbonyl (C=O) groups excluding carboxylic acids is 1. The fourth-order valence-corrected chi connectivity index (χ4v) is 3.83. The second kappa shape index (κ2) is 6.52. The van der Waals surface area contributed by atoms with E-state index >= 15 is 0 Å². The molecule has 1 aromatic heterocycles. The molecule has 128 valence electrons. The van der Waals surface area contributed by atoms with Crippen LogP contribution in [-0.2, 0) is 4.79 Å². The first kappa shape index (κ1) is 16.2. The lowest BCUT2D eigenvalue weighted by Crippen LogP contribution is -2.35. The van der Waals surface area contributed by atoms with E-state index in [-0.39, 0.29) is 18.0 Å². The van der Waals surface area contributed by atoms with Crippen LogP contribution >= 0.6 is 11.6 Å². The van der Waals surface area contributed by atoms with Crippen LogP contribution in [0.2, 0.25) is 5.02 Å². The SMILES string of the molecule is C[C@H](C(=O)N1CCC[C@H]1c1ccc(Cl)cc1)n1cnc2ccccc21. The molecule has 2 heterocycles. The molecule has 1 amide bonds. The zero-order valence-electron chi connectivity index (χ0n) is 14.1. The second-order valence-corrected chi connectivity index (χ2v) is 6.99. The number of amides is 1. The van der Waals surface area contributed by atoms with Gasteiger partial charge in [-0.1, -0.05) is 35.9 Å². The van der Waals surface area contributed by atoms with Gasteiger partial charge in [-0.05, 0) is 49.6 Å². The van der Waals surface area contributed by atoms with Crippen molar-refractivity contribution in [3.05, 3.63) is 65.4 Å². The molecule has 0 saturated carbocycles. The Morgan fingerprint density at radius 2 is 1.96 bits per heavy atom. The van der Waals surface area contributed by atoms with Crippen LogP contribution in [0.25, 0.3) is 11.0 Å². The molecule has 1 fully saturated rings. The third kappa shape index (κ3) is 2.91. The fourth-order valence-electron chi connectivity index (χ4n) is 3.71. The Balaban J connectivity index is 1.61. The summed E-state index contributed by atoms with van der Waals surface area (Å²) in [7, 11) is 0. The second-order valence-electron chi connectivity index (χ2n) is 6.56. The number of imidazole rings is 1. The van der Waals surface area contributed by atoms with Gasteiger partial charge in [-0.15, -0.1) is 0 Å². The van der Waals surface area contributed by atoms with Crippen LogP contribution in [0.3, 0.4) is 0 Å². The van der Waals surface area contributed by atoms with Gasteiger partial charge in [-0.2, -0.15) is 0 Å². The third-order valence-electron chi connectivity index (χ3n) is 5.05. The van der Waals surface area contributed by atoms with Crippen LogP contribution in [0.1, 0.15) is 37.4 Å². The largest absolute Gasteiger partial charge is 0.334 e. The van der Waals surface area contributed by atoms with Crippen molar-refractivity contribution in [2.24, 2.45) is 0 Å². The summed E-state index contributed by atoms with van der Waals surface area (Å²) in [6.45, 7) is 2.75. The highest BCUT2D eigenvalue weighted by Gasteiger charge is 2.33. The molecule has 1 aliphatic heterocycles. The minimum atomic E-state index is -0.277. The van der Waals surface area contributed by atoms with Crippen molar-refractivity contribution in [2.75, 3.05) is 6.54 Å². The number of rotatable bonds is 3. The smallest absolute Gasteiger partial charge is 0.245 e. The molecule has 2 aromatic carbocycles. The van der Waals surface area contributed by atoms with Crippen molar-refractivity contribution in [2.45, 2.75) is 31.8 Å². The Labute approximate surface area is 152 Å². The fraction of sp³-hybridized carbons (Fsp3) is 0.300. The van der Waals surface area contributed by atoms with E-state index in [1.807, 2.05) is 64.9 Å². The molecule has 5 heteroatoms. The third-order valence-corrected chi connectivity index (χ3v) is 5.30. The molecular formula is C20H20ClN3O. The van der Waals surface area contributed by atoms with Gasteiger partial charge in [0.2, 0.25) is 5.91 Å². The highest BCUT2D eigenvalue weighted by molar-refractivity contribution is 6.30. The molecular weight excluding hydrogens is 334 g/mol. The van der Waals surface area contributed by atoms with Crippen LogP contribution in [0.5, 0.6) is 0 Å². The Hall–Kier alpha value is -2.33. The predicted molar refractivity (Wildman–Crippen MR) is 99.6 cm³/mol. The summed E-state index contributed by atoms with van der Waals surface area (Å²) < 4.78 is 1.97. The van der Waals surface area contributed by atoms with E-state index in [9.17, 15) is 4.79 Å². The quantitative estimate of drug-likeness (QED) is 0.689. The van der Waals surface area contributed by atoms with E-state index in [1.54, 1.807) is 6.33 Å². The minimum absolute atomic E-state index is 0.127. The molecule has 0 aliphatic carbocycles. The molecule has 0 unspecified atom stereocenters. The highest BCUT2D eigenvalue weighted by Crippen LogP contribution is 2.34. The number of benzene rings is 2. The van der Waals surface area contributed by atoms with Gasteiger partial charge in [-0.3, -0.25) is 4.79 Å². The van der Waals surface area contributed by atoms with Crippen molar-refractivity contribution in [1.29, 1.82) is 0 Å². The summed E-state index contributed by atoms with van der Waals surface area (Å²) in [5.41, 5.74) is 3.06. The normalized spacial score (nSPS) is 18.6. The average molecular weight is 354 g/mol. The molecule has 0 bridgehead atoms. The van der Waals surface area contributed by atoms with Gasteiger partial charge in [0.15, 0.2) is 0 Å². The van der Waals surface area contributed by atoms with E-state index in [0.717, 1.165) is 41.0 Å². The van der Waals surface area contributed by atoms with Gasteiger partial charge in [-0.25, -0.2) is 4.98 Å². The highest BCUT2D eigenvalue weighted by atomic mass is 35.5. The lowest BCUT2D eigenvalue weighted by Gasteiger charge is -2.28. The number of halogens is 1. The molecule has 0 N–H and O–H groups in total. The van der Waals surface area contributed by atoms with Crippen LogP contribution in [-0.4, -0.2) is 26.9 Å². The Morgan fingerprint density at radius 1 is 1.20 bits per heavy atom. The van der Waals surface area contributed by atoms with Gasteiger partial charge in [0.1, 0.15) is 6.04 Å². The molecule has 1 saturated heterocycles. The summed E-state index contributed by atoms with van der Waals surface area (Å²) >= 11 is 6.00. The van der Waals surface area contributed by atoms with Crippen molar-refractivity contribution in [3.8, 4) is 0 Å². The number of nitrogens with zero attached hydrogens (tertiary/aromatic N) is 3. The number of likely N-dealkylation sites (tertiary alicyclic amines) is 1. The van der Waals surface area contributed by atoms with E-state index in [4.69, 9.17) is 11.6 Å². The Morgan fingerprint density at radius 3 is 2.76 bits per heavy atom. The maximum Gasteiger partial charge on any atom is 0.245 e. The summed E-state index contributed by atoms with van der Waals surface area (Å²) in [6, 6.07) is 15.6. The maximum absolute atomic E-state index is 13.2. The van der Waals surface area contributed by atoms with Crippen LogP contribution < -0.4 is 0 Å². The number of para-hydroxylation sites is 2. The van der Waals surface area contributed by atoms with Crippen molar-refractivity contribution in [1.82, 2.24) is 14.5 Å². The zero-order valence-corrected chi connectivity index (χ0v) is 14.9. The number of hydrogen-bond acceptors (Lipinski definition) is 2. The molecule has 4 rings (SSSR count). The standard InChI is InChI=1S/C20H20ClN3O/c1-14(24-13-22-17-5-2-3-6-19(17)24)20(25)23-12-4-7-18(23)15-8-10-16(21)11-9-15/h2-3,5-6,8-11,13-14,18H,4,7,12H2,1H3/t14-,18+/m1/s1. The molecule has 3 aromatic rings. The van der Waals surface area contributed by atoms with Gasteiger partial charge in [0.05, 0.1) is 23.4 Å². The summed E-state index contributed by atoms with van der Waals surface area (Å²) in [4.78, 5) is 19.6. The van der Waals surface area contributed by atoms with Gasteiger partial charge in [0, 0.05) is 11.6 Å². The first-order chi connectivity index (χ1) is 12.1. The van der Waals surface area contributed by atoms with E-state index in [2.05, 4.69) is 4.98 Å². The van der Waals surface area contributed by atoms with Crippen LogP contribution in [0, 0.1) is 0 Å². The zero-order chi connectivity index (χ0) is 17.4. The van der Waals surface area contributed by atoms with Crippen molar-refractivity contribution in [3.63, 3.8) is 0 Å². The summed E-state index contributed by atoms with van der Waals surface area (Å²) in [5.74, 6) is 0.139. The van der Waals surface area contributed by atoms with Gasteiger partial charge >= 0.3 is 0 Å². The van der Waals surface area contributed by atoms with Crippen molar-refractivity contribution < 1.29 is 4.79 Å². The monoisotopic (exact) mass is 353 g/mol.